The van der Waals surface area contributed by atoms with Crippen molar-refractivity contribution in [2.75, 3.05) is 22.9 Å². The van der Waals surface area contributed by atoms with E-state index in [4.69, 9.17) is 28.8 Å². The summed E-state index contributed by atoms with van der Waals surface area (Å²) in [6.07, 6.45) is 5.19. The molecular formula is C31H31BrClN5S. The highest BCUT2D eigenvalue weighted by atomic mass is 79.9. The van der Waals surface area contributed by atoms with Gasteiger partial charge < -0.3 is 19.7 Å². The molecule has 2 aromatic heterocycles. The molecule has 2 fully saturated rings. The average Bonchev–Trinajstić information content (AvgIpc) is 3.53. The maximum absolute atomic E-state index is 7.00. The van der Waals surface area contributed by atoms with Crippen LogP contribution in [0.25, 0.3) is 5.69 Å². The molecule has 0 radical (unpaired) electrons. The van der Waals surface area contributed by atoms with Crippen LogP contribution in [-0.4, -0.2) is 27.8 Å². The third-order valence-corrected chi connectivity index (χ3v) is 8.80. The number of nitrogens with zero attached hydrogens (tertiary/aromatic N) is 4. The van der Waals surface area contributed by atoms with Gasteiger partial charge in [-0.1, -0.05) is 53.5 Å². The molecule has 2 saturated heterocycles. The smallest absolute Gasteiger partial charge is 0.174 e. The first kappa shape index (κ1) is 26.4. The van der Waals surface area contributed by atoms with Crippen molar-refractivity contribution in [2.24, 2.45) is 11.8 Å². The van der Waals surface area contributed by atoms with Crippen molar-refractivity contribution in [1.82, 2.24) is 14.9 Å². The Balaban J connectivity index is 1.43. The lowest BCUT2D eigenvalue weighted by atomic mass is 9.91. The molecule has 2 aliphatic rings. The number of piperidine rings is 1. The molecular weight excluding hydrogens is 590 g/mol. The van der Waals surface area contributed by atoms with Crippen molar-refractivity contribution in [3.05, 3.63) is 106 Å². The van der Waals surface area contributed by atoms with E-state index in [0.29, 0.717) is 16.9 Å². The van der Waals surface area contributed by atoms with Crippen LogP contribution in [0, 0.1) is 11.8 Å². The molecule has 4 atom stereocenters. The van der Waals surface area contributed by atoms with Crippen molar-refractivity contribution < 1.29 is 0 Å². The molecule has 200 valence electrons. The number of pyridine rings is 1. The second-order valence-electron chi connectivity index (χ2n) is 10.8. The minimum absolute atomic E-state index is 0.137. The van der Waals surface area contributed by atoms with Crippen LogP contribution in [0.5, 0.6) is 0 Å². The van der Waals surface area contributed by atoms with E-state index >= 15 is 0 Å². The van der Waals surface area contributed by atoms with Gasteiger partial charge in [0.2, 0.25) is 0 Å². The van der Waals surface area contributed by atoms with Crippen molar-refractivity contribution in [1.29, 1.82) is 0 Å². The summed E-state index contributed by atoms with van der Waals surface area (Å²) in [6.45, 7) is 6.69. The summed E-state index contributed by atoms with van der Waals surface area (Å²) in [7, 11) is 0. The van der Waals surface area contributed by atoms with Crippen LogP contribution in [0.1, 0.15) is 43.7 Å². The number of anilines is 2. The number of thiocarbonyl (C=S) groups is 1. The molecule has 0 saturated carbocycles. The topological polar surface area (TPSA) is 36.3 Å². The van der Waals surface area contributed by atoms with E-state index in [1.54, 1.807) is 0 Å². The van der Waals surface area contributed by atoms with E-state index in [9.17, 15) is 0 Å². The summed E-state index contributed by atoms with van der Waals surface area (Å²) in [5.74, 6) is 1.29. The van der Waals surface area contributed by atoms with E-state index in [0.717, 1.165) is 51.0 Å². The van der Waals surface area contributed by atoms with Gasteiger partial charge in [0.1, 0.15) is 6.04 Å². The predicted octanol–water partition coefficient (Wildman–Crippen LogP) is 7.95. The fourth-order valence-corrected chi connectivity index (χ4v) is 7.22. The zero-order valence-electron chi connectivity index (χ0n) is 22.0. The Labute approximate surface area is 248 Å². The van der Waals surface area contributed by atoms with Crippen molar-refractivity contribution in [3.8, 4) is 5.69 Å². The summed E-state index contributed by atoms with van der Waals surface area (Å²) in [4.78, 5) is 9.33. The molecule has 0 spiro atoms. The van der Waals surface area contributed by atoms with E-state index in [-0.39, 0.29) is 12.1 Å². The van der Waals surface area contributed by atoms with E-state index < -0.39 is 0 Å². The number of hydrogen-bond donors (Lipinski definition) is 1. The minimum Gasteiger partial charge on any atom is -0.370 e. The van der Waals surface area contributed by atoms with Crippen molar-refractivity contribution >= 4 is 56.2 Å². The number of halogens is 2. The quantitative estimate of drug-likeness (QED) is 0.229. The van der Waals surface area contributed by atoms with Gasteiger partial charge in [0.15, 0.2) is 5.11 Å². The Kier molecular flexibility index (Phi) is 7.40. The standard InChI is InChI=1S/C31H31BrClN5S/c1-20-15-21(2)19-36(18-20)27-12-11-24(17-25(27)33)38-30(29(35-31(38)39)26-9-3-4-13-34-26)28-10-6-14-37(28)23-8-5-7-22(32)16-23/h3-14,16-17,20-21,29-30H,15,18-19H2,1-2H3,(H,35,39)/t20-,21-,29+,30+/m1/s1. The van der Waals surface area contributed by atoms with Gasteiger partial charge in [-0.15, -0.1) is 0 Å². The molecule has 0 aliphatic carbocycles. The van der Waals surface area contributed by atoms with Gasteiger partial charge in [0.05, 0.1) is 22.4 Å². The molecule has 6 rings (SSSR count). The van der Waals surface area contributed by atoms with Crippen LogP contribution in [0.15, 0.2) is 89.7 Å². The van der Waals surface area contributed by atoms with Crippen LogP contribution in [0.2, 0.25) is 5.02 Å². The van der Waals surface area contributed by atoms with E-state index in [2.05, 4.69) is 110 Å². The molecule has 1 N–H and O–H groups in total. The first-order valence-corrected chi connectivity index (χ1v) is 15.0. The Morgan fingerprint density at radius 3 is 2.49 bits per heavy atom. The van der Waals surface area contributed by atoms with Gasteiger partial charge in [-0.3, -0.25) is 4.98 Å². The van der Waals surface area contributed by atoms with Gasteiger partial charge in [-0.2, -0.15) is 0 Å². The van der Waals surface area contributed by atoms with Crippen LogP contribution < -0.4 is 15.1 Å². The third-order valence-electron chi connectivity index (χ3n) is 7.69. The second-order valence-corrected chi connectivity index (χ2v) is 12.5. The Morgan fingerprint density at radius 1 is 0.949 bits per heavy atom. The van der Waals surface area contributed by atoms with Gasteiger partial charge in [-0.25, -0.2) is 0 Å². The maximum Gasteiger partial charge on any atom is 0.174 e. The van der Waals surface area contributed by atoms with Gasteiger partial charge in [0, 0.05) is 47.0 Å². The SMILES string of the molecule is C[C@@H]1C[C@@H](C)CN(c2ccc(N3C(=S)N[C@@H](c4ccccn4)[C@@H]3c3cccn3-c3cccc(Br)c3)cc2Cl)C1. The Morgan fingerprint density at radius 2 is 1.77 bits per heavy atom. The number of benzene rings is 2. The zero-order valence-corrected chi connectivity index (χ0v) is 25.1. The molecule has 5 nitrogen and oxygen atoms in total. The van der Waals surface area contributed by atoms with E-state index in [1.165, 1.54) is 6.42 Å². The predicted molar refractivity (Wildman–Crippen MR) is 168 cm³/mol. The van der Waals surface area contributed by atoms with Gasteiger partial charge in [0.25, 0.3) is 0 Å². The average molecular weight is 621 g/mol. The summed E-state index contributed by atoms with van der Waals surface area (Å²) in [5, 5.41) is 4.98. The molecule has 4 heterocycles. The molecule has 0 bridgehead atoms. The molecule has 39 heavy (non-hydrogen) atoms. The highest BCUT2D eigenvalue weighted by Crippen LogP contribution is 2.44. The van der Waals surface area contributed by atoms with Crippen LogP contribution in [-0.2, 0) is 0 Å². The van der Waals surface area contributed by atoms with Crippen LogP contribution in [0.4, 0.5) is 11.4 Å². The lowest BCUT2D eigenvalue weighted by molar-refractivity contribution is 0.357. The molecule has 8 heteroatoms. The normalized spacial score (nSPS) is 23.2. The molecule has 2 aliphatic heterocycles. The van der Waals surface area contributed by atoms with Crippen LogP contribution in [0.3, 0.4) is 0 Å². The van der Waals surface area contributed by atoms with Gasteiger partial charge >= 0.3 is 0 Å². The molecule has 0 unspecified atom stereocenters. The number of hydrogen-bond acceptors (Lipinski definition) is 3. The number of nitrogens with one attached hydrogen (secondary N) is 1. The highest BCUT2D eigenvalue weighted by molar-refractivity contribution is 9.10. The van der Waals surface area contributed by atoms with Gasteiger partial charge in [-0.05, 0) is 91.1 Å². The van der Waals surface area contributed by atoms with Crippen LogP contribution >= 0.6 is 39.7 Å². The number of rotatable bonds is 5. The highest BCUT2D eigenvalue weighted by Gasteiger charge is 2.42. The first-order valence-electron chi connectivity index (χ1n) is 13.4. The number of aromatic nitrogens is 2. The van der Waals surface area contributed by atoms with Crippen molar-refractivity contribution in [3.63, 3.8) is 0 Å². The lowest BCUT2D eigenvalue weighted by Gasteiger charge is -2.37. The zero-order chi connectivity index (χ0) is 27.1. The first-order chi connectivity index (χ1) is 18.9. The molecule has 4 aromatic rings. The minimum atomic E-state index is -0.140. The van der Waals surface area contributed by atoms with E-state index in [1.807, 2.05) is 24.4 Å². The second kappa shape index (κ2) is 11.0. The maximum atomic E-state index is 7.00. The lowest BCUT2D eigenvalue weighted by Crippen LogP contribution is -2.38. The molecule has 0 amide bonds. The fourth-order valence-electron chi connectivity index (χ4n) is 6.19. The fraction of sp³-hybridized carbons (Fsp3) is 0.290. The third kappa shape index (κ3) is 5.20. The monoisotopic (exact) mass is 619 g/mol. The molecule has 2 aromatic carbocycles. The largest absolute Gasteiger partial charge is 0.370 e. The summed E-state index contributed by atoms with van der Waals surface area (Å²) in [6, 6.07) is 24.7. The summed E-state index contributed by atoms with van der Waals surface area (Å²) < 4.78 is 3.25. The Bertz CT molecular complexity index is 1480. The summed E-state index contributed by atoms with van der Waals surface area (Å²) >= 11 is 16.6. The van der Waals surface area contributed by atoms with Crippen molar-refractivity contribution in [2.45, 2.75) is 32.4 Å². The Hall–Kier alpha value is -2.87. The summed E-state index contributed by atoms with van der Waals surface area (Å²) in [5.41, 5.74) is 5.17.